The van der Waals surface area contributed by atoms with Gasteiger partial charge in [0, 0.05) is 10.6 Å². The second-order valence-corrected chi connectivity index (χ2v) is 3.73. The van der Waals surface area contributed by atoms with E-state index in [9.17, 15) is 9.59 Å². The zero-order valence-corrected chi connectivity index (χ0v) is 8.76. The molecule has 0 saturated heterocycles. The highest BCUT2D eigenvalue weighted by molar-refractivity contribution is 6.36. The molecule has 15 heavy (non-hydrogen) atoms. The molecule has 1 N–H and O–H groups in total. The smallest absolute Gasteiger partial charge is 0.259 e. The Morgan fingerprint density at radius 2 is 1.93 bits per heavy atom. The van der Waals surface area contributed by atoms with E-state index in [1.165, 1.54) is 0 Å². The third-order valence-corrected chi connectivity index (χ3v) is 2.52. The van der Waals surface area contributed by atoms with E-state index in [2.05, 4.69) is 5.32 Å². The minimum Gasteiger partial charge on any atom is -0.288 e. The number of imide groups is 1. The number of carbonyl (C=O) groups is 2. The molecule has 1 aliphatic heterocycles. The summed E-state index contributed by atoms with van der Waals surface area (Å²) in [4.78, 5) is 22.7. The lowest BCUT2D eigenvalue weighted by molar-refractivity contribution is -0.123. The number of amides is 2. The molecule has 0 radical (unpaired) electrons. The minimum atomic E-state index is -0.361. The molecule has 1 aromatic carbocycles. The predicted octanol–water partition coefficient (Wildman–Crippen LogP) is 1.77. The van der Waals surface area contributed by atoms with Crippen molar-refractivity contribution in [1.29, 1.82) is 0 Å². The van der Waals surface area contributed by atoms with E-state index in [1.54, 1.807) is 31.2 Å². The predicted molar refractivity (Wildman–Crippen MR) is 57.2 cm³/mol. The summed E-state index contributed by atoms with van der Waals surface area (Å²) >= 11 is 5.82. The fourth-order valence-corrected chi connectivity index (χ4v) is 1.73. The molecule has 0 unspecified atom stereocenters. The van der Waals surface area contributed by atoms with Crippen LogP contribution in [0.25, 0.3) is 5.57 Å². The molecular formula is C11H8ClNO2. The molecule has 0 atom stereocenters. The highest BCUT2D eigenvalue weighted by atomic mass is 35.5. The summed E-state index contributed by atoms with van der Waals surface area (Å²) in [6.45, 7) is 1.62. The standard InChI is InChI=1S/C11H8ClNO2/c1-6-9(11(15)13-10(6)14)7-3-2-4-8(12)5-7/h2-5H,1H3,(H,13,14,15). The van der Waals surface area contributed by atoms with Crippen LogP contribution in [0.4, 0.5) is 0 Å². The first kappa shape index (κ1) is 9.93. The maximum absolute atomic E-state index is 11.5. The second-order valence-electron chi connectivity index (χ2n) is 3.29. The summed E-state index contributed by atoms with van der Waals surface area (Å²) in [5.41, 5.74) is 1.51. The van der Waals surface area contributed by atoms with Gasteiger partial charge in [0.2, 0.25) is 0 Å². The van der Waals surface area contributed by atoms with E-state index in [0.29, 0.717) is 21.7 Å². The molecule has 1 aliphatic rings. The summed E-state index contributed by atoms with van der Waals surface area (Å²) in [5.74, 6) is -0.699. The van der Waals surface area contributed by atoms with Gasteiger partial charge in [-0.05, 0) is 24.6 Å². The van der Waals surface area contributed by atoms with Crippen molar-refractivity contribution in [2.75, 3.05) is 0 Å². The molecule has 1 heterocycles. The Balaban J connectivity index is 2.56. The van der Waals surface area contributed by atoms with Gasteiger partial charge in [0.15, 0.2) is 0 Å². The van der Waals surface area contributed by atoms with Crippen LogP contribution in [-0.2, 0) is 9.59 Å². The lowest BCUT2D eigenvalue weighted by Gasteiger charge is -2.01. The highest BCUT2D eigenvalue weighted by Crippen LogP contribution is 2.25. The van der Waals surface area contributed by atoms with Crippen molar-refractivity contribution in [3.8, 4) is 0 Å². The zero-order chi connectivity index (χ0) is 11.0. The summed E-state index contributed by atoms with van der Waals surface area (Å²) in [6, 6.07) is 6.88. The van der Waals surface area contributed by atoms with Gasteiger partial charge in [0.25, 0.3) is 11.8 Å². The van der Waals surface area contributed by atoms with Gasteiger partial charge in [-0.1, -0.05) is 23.7 Å². The lowest BCUT2D eigenvalue weighted by Crippen LogP contribution is -2.22. The summed E-state index contributed by atoms with van der Waals surface area (Å²) in [6.07, 6.45) is 0. The summed E-state index contributed by atoms with van der Waals surface area (Å²) in [5, 5.41) is 2.78. The van der Waals surface area contributed by atoms with Gasteiger partial charge in [0.05, 0.1) is 5.57 Å². The van der Waals surface area contributed by atoms with E-state index in [1.807, 2.05) is 0 Å². The number of rotatable bonds is 1. The number of hydrogen-bond donors (Lipinski definition) is 1. The molecule has 1 aromatic rings. The molecule has 0 spiro atoms. The molecule has 3 nitrogen and oxygen atoms in total. The van der Waals surface area contributed by atoms with Gasteiger partial charge in [-0.3, -0.25) is 14.9 Å². The van der Waals surface area contributed by atoms with E-state index in [-0.39, 0.29) is 11.8 Å². The topological polar surface area (TPSA) is 46.2 Å². The number of benzene rings is 1. The molecule has 2 amide bonds. The maximum atomic E-state index is 11.5. The lowest BCUT2D eigenvalue weighted by atomic mass is 10.0. The molecule has 2 rings (SSSR count). The van der Waals surface area contributed by atoms with Gasteiger partial charge in [-0.15, -0.1) is 0 Å². The van der Waals surface area contributed by atoms with Crippen molar-refractivity contribution in [1.82, 2.24) is 5.32 Å². The molecule has 76 valence electrons. The van der Waals surface area contributed by atoms with Crippen LogP contribution in [0.2, 0.25) is 5.02 Å². The molecule has 4 heteroatoms. The van der Waals surface area contributed by atoms with E-state index in [0.717, 1.165) is 0 Å². The molecular weight excluding hydrogens is 214 g/mol. The van der Waals surface area contributed by atoms with Crippen molar-refractivity contribution >= 4 is 29.0 Å². The van der Waals surface area contributed by atoms with Crippen molar-refractivity contribution in [2.45, 2.75) is 6.92 Å². The third-order valence-electron chi connectivity index (χ3n) is 2.28. The van der Waals surface area contributed by atoms with Crippen LogP contribution in [-0.4, -0.2) is 11.8 Å². The second kappa shape index (κ2) is 3.51. The number of carbonyl (C=O) groups excluding carboxylic acids is 2. The molecule has 0 bridgehead atoms. The van der Waals surface area contributed by atoms with Crippen LogP contribution in [0, 0.1) is 0 Å². The van der Waals surface area contributed by atoms with Gasteiger partial charge in [-0.2, -0.15) is 0 Å². The molecule has 0 aliphatic carbocycles. The number of hydrogen-bond acceptors (Lipinski definition) is 2. The summed E-state index contributed by atoms with van der Waals surface area (Å²) < 4.78 is 0. The zero-order valence-electron chi connectivity index (χ0n) is 8.00. The maximum Gasteiger partial charge on any atom is 0.259 e. The Bertz CT molecular complexity index is 491. The monoisotopic (exact) mass is 221 g/mol. The van der Waals surface area contributed by atoms with E-state index < -0.39 is 0 Å². The van der Waals surface area contributed by atoms with Crippen LogP contribution < -0.4 is 5.32 Å². The Kier molecular flexibility index (Phi) is 2.32. The average molecular weight is 222 g/mol. The first-order chi connectivity index (χ1) is 7.09. The molecule has 0 aromatic heterocycles. The highest BCUT2D eigenvalue weighted by Gasteiger charge is 2.27. The molecule has 0 saturated carbocycles. The minimum absolute atomic E-state index is 0.338. The fraction of sp³-hybridized carbons (Fsp3) is 0.0909. The van der Waals surface area contributed by atoms with Crippen molar-refractivity contribution in [3.63, 3.8) is 0 Å². The van der Waals surface area contributed by atoms with Crippen molar-refractivity contribution in [3.05, 3.63) is 40.4 Å². The molecule has 0 fully saturated rings. The van der Waals surface area contributed by atoms with Crippen molar-refractivity contribution < 1.29 is 9.59 Å². The van der Waals surface area contributed by atoms with Crippen LogP contribution in [0.5, 0.6) is 0 Å². The summed E-state index contributed by atoms with van der Waals surface area (Å²) in [7, 11) is 0. The largest absolute Gasteiger partial charge is 0.288 e. The SMILES string of the molecule is CC1=C(c2cccc(Cl)c2)C(=O)NC1=O. The van der Waals surface area contributed by atoms with Gasteiger partial charge in [-0.25, -0.2) is 0 Å². The Morgan fingerprint density at radius 3 is 2.47 bits per heavy atom. The Labute approximate surface area is 91.7 Å². The van der Waals surface area contributed by atoms with Crippen LogP contribution >= 0.6 is 11.6 Å². The van der Waals surface area contributed by atoms with Crippen LogP contribution in [0.1, 0.15) is 12.5 Å². The van der Waals surface area contributed by atoms with Gasteiger partial charge < -0.3 is 0 Å². The van der Waals surface area contributed by atoms with Gasteiger partial charge >= 0.3 is 0 Å². The normalized spacial score (nSPS) is 15.9. The van der Waals surface area contributed by atoms with Crippen LogP contribution in [0.15, 0.2) is 29.8 Å². The quantitative estimate of drug-likeness (QED) is 0.735. The first-order valence-corrected chi connectivity index (χ1v) is 4.80. The Hall–Kier alpha value is -1.61. The van der Waals surface area contributed by atoms with Crippen LogP contribution in [0.3, 0.4) is 0 Å². The van der Waals surface area contributed by atoms with E-state index in [4.69, 9.17) is 11.6 Å². The Morgan fingerprint density at radius 1 is 1.20 bits per heavy atom. The van der Waals surface area contributed by atoms with E-state index >= 15 is 0 Å². The first-order valence-electron chi connectivity index (χ1n) is 4.42. The average Bonchev–Trinajstić information content (AvgIpc) is 2.41. The third kappa shape index (κ3) is 1.66. The van der Waals surface area contributed by atoms with Gasteiger partial charge in [0.1, 0.15) is 0 Å². The number of nitrogens with one attached hydrogen (secondary N) is 1. The van der Waals surface area contributed by atoms with Crippen molar-refractivity contribution in [2.24, 2.45) is 0 Å². The number of halogens is 1. The fourth-order valence-electron chi connectivity index (χ4n) is 1.53.